The van der Waals surface area contributed by atoms with Gasteiger partial charge in [0, 0.05) is 69.3 Å². The summed E-state index contributed by atoms with van der Waals surface area (Å²) in [5.74, 6) is -2.68. The zero-order valence-corrected chi connectivity index (χ0v) is 29.7. The lowest BCUT2D eigenvalue weighted by molar-refractivity contribution is -0.138. The van der Waals surface area contributed by atoms with Crippen molar-refractivity contribution in [3.63, 3.8) is 0 Å². The number of piperidine rings is 2. The average Bonchev–Trinajstić information content (AvgIpc) is 3.75. The molecule has 0 bridgehead atoms. The Hall–Kier alpha value is -5.76. The molecular weight excluding hydrogens is 707 g/mol. The molecule has 17 heteroatoms. The molecule has 5 amide bonds. The van der Waals surface area contributed by atoms with Crippen LogP contribution in [0.1, 0.15) is 71.4 Å². The third kappa shape index (κ3) is 6.77. The predicted molar refractivity (Wildman–Crippen MR) is 188 cm³/mol. The number of anilines is 3. The van der Waals surface area contributed by atoms with Crippen molar-refractivity contribution in [1.82, 2.24) is 24.9 Å². The van der Waals surface area contributed by atoms with Crippen molar-refractivity contribution in [2.75, 3.05) is 54.4 Å². The number of hydrogen-bond donors (Lipinski definition) is 2. The molecule has 2 N–H and O–H groups in total. The summed E-state index contributed by atoms with van der Waals surface area (Å²) in [6.45, 7) is 7.83. The minimum atomic E-state index is -4.75. The van der Waals surface area contributed by atoms with E-state index in [-0.39, 0.29) is 29.7 Å². The molecule has 54 heavy (non-hydrogen) atoms. The number of benzene rings is 2. The molecule has 1 aromatic heterocycles. The lowest BCUT2D eigenvalue weighted by Gasteiger charge is -2.43. The van der Waals surface area contributed by atoms with Crippen LogP contribution in [0.25, 0.3) is 0 Å². The Morgan fingerprint density at radius 1 is 0.889 bits per heavy atom. The number of alkyl halides is 3. The molecule has 0 spiro atoms. The van der Waals surface area contributed by atoms with Crippen molar-refractivity contribution in [2.24, 2.45) is 0 Å². The molecule has 1 unspecified atom stereocenters. The van der Waals surface area contributed by atoms with Crippen molar-refractivity contribution >= 4 is 46.6 Å². The second kappa shape index (κ2) is 13.9. The molecule has 7 rings (SSSR count). The molecule has 2 aromatic carbocycles. The van der Waals surface area contributed by atoms with Crippen LogP contribution in [0.5, 0.6) is 0 Å². The second-order valence-corrected chi connectivity index (χ2v) is 14.4. The van der Waals surface area contributed by atoms with E-state index in [4.69, 9.17) is 5.26 Å². The number of carbonyl (C=O) groups excluding carboxylic acids is 5. The molecule has 14 nitrogen and oxygen atoms in total. The SMILES string of the molecule is CC(C)(C(=O)Nc1ccc(C#N)c(C(F)(F)F)c1)n1cc(N2CCC(N3CCN(c4ccc5c(c4)C(=O)N(C4CCC(=O)NC4=O)C5=O)CC3)CC2)cn1. The van der Waals surface area contributed by atoms with Crippen LogP contribution in [0, 0.1) is 11.3 Å². The van der Waals surface area contributed by atoms with Crippen LogP contribution >= 0.6 is 0 Å². The van der Waals surface area contributed by atoms with E-state index in [0.717, 1.165) is 80.5 Å². The number of fused-ring (bicyclic) bond motifs is 1. The zero-order chi connectivity index (χ0) is 38.5. The second-order valence-electron chi connectivity index (χ2n) is 14.4. The summed E-state index contributed by atoms with van der Waals surface area (Å²) in [4.78, 5) is 71.5. The molecule has 3 aromatic rings. The summed E-state index contributed by atoms with van der Waals surface area (Å²) < 4.78 is 41.8. The van der Waals surface area contributed by atoms with E-state index in [2.05, 4.69) is 30.4 Å². The van der Waals surface area contributed by atoms with Gasteiger partial charge in [0.2, 0.25) is 11.8 Å². The van der Waals surface area contributed by atoms with Crippen molar-refractivity contribution in [2.45, 2.75) is 63.3 Å². The Balaban J connectivity index is 0.918. The van der Waals surface area contributed by atoms with Gasteiger partial charge in [0.1, 0.15) is 11.6 Å². The van der Waals surface area contributed by atoms with E-state index in [1.807, 2.05) is 6.07 Å². The van der Waals surface area contributed by atoms with Gasteiger partial charge >= 0.3 is 6.18 Å². The first-order valence-electron chi connectivity index (χ1n) is 17.7. The minimum Gasteiger partial charge on any atom is -0.369 e. The average molecular weight is 746 g/mol. The predicted octanol–water partition coefficient (Wildman–Crippen LogP) is 3.34. The number of hydrogen-bond acceptors (Lipinski definition) is 10. The van der Waals surface area contributed by atoms with Gasteiger partial charge in [0.15, 0.2) is 0 Å². The molecule has 0 radical (unpaired) electrons. The molecule has 5 heterocycles. The fraction of sp³-hybridized carbons (Fsp3) is 0.432. The summed E-state index contributed by atoms with van der Waals surface area (Å²) in [6.07, 6.45) is 0.663. The van der Waals surface area contributed by atoms with Crippen LogP contribution in [-0.2, 0) is 26.1 Å². The third-order valence-corrected chi connectivity index (χ3v) is 10.8. The Morgan fingerprint density at radius 2 is 1.57 bits per heavy atom. The lowest BCUT2D eigenvalue weighted by Crippen LogP contribution is -2.54. The van der Waals surface area contributed by atoms with Crippen LogP contribution in [-0.4, -0.2) is 100 Å². The number of carbonyl (C=O) groups is 5. The lowest BCUT2D eigenvalue weighted by atomic mass is 10.0. The highest BCUT2D eigenvalue weighted by Gasteiger charge is 2.45. The number of nitrogens with one attached hydrogen (secondary N) is 2. The highest BCUT2D eigenvalue weighted by molar-refractivity contribution is 6.23. The molecular formula is C37H38F3N9O5. The number of nitrogens with zero attached hydrogens (tertiary/aromatic N) is 7. The van der Waals surface area contributed by atoms with E-state index in [1.165, 1.54) is 16.8 Å². The molecule has 0 saturated carbocycles. The van der Waals surface area contributed by atoms with E-state index in [9.17, 15) is 37.1 Å². The van der Waals surface area contributed by atoms with Crippen molar-refractivity contribution in [1.29, 1.82) is 5.26 Å². The number of piperazine rings is 1. The molecule has 0 aliphatic carbocycles. The van der Waals surface area contributed by atoms with Gasteiger partial charge in [-0.05, 0) is 69.5 Å². The van der Waals surface area contributed by atoms with Gasteiger partial charge in [0.05, 0.1) is 40.2 Å². The van der Waals surface area contributed by atoms with Crippen LogP contribution in [0.15, 0.2) is 48.8 Å². The molecule has 3 saturated heterocycles. The third-order valence-electron chi connectivity index (χ3n) is 10.8. The van der Waals surface area contributed by atoms with Crippen LogP contribution in [0.3, 0.4) is 0 Å². The molecule has 4 aliphatic heterocycles. The van der Waals surface area contributed by atoms with Gasteiger partial charge in [-0.3, -0.25) is 43.8 Å². The van der Waals surface area contributed by atoms with Crippen molar-refractivity contribution in [3.8, 4) is 6.07 Å². The summed E-state index contributed by atoms with van der Waals surface area (Å²) >= 11 is 0. The number of amides is 5. The highest BCUT2D eigenvalue weighted by Crippen LogP contribution is 2.35. The normalized spacial score (nSPS) is 20.2. The van der Waals surface area contributed by atoms with Crippen LogP contribution < -0.4 is 20.4 Å². The topological polar surface area (TPSA) is 164 Å². The molecule has 3 fully saturated rings. The van der Waals surface area contributed by atoms with Crippen molar-refractivity contribution in [3.05, 3.63) is 71.0 Å². The van der Waals surface area contributed by atoms with E-state index in [1.54, 1.807) is 38.4 Å². The number of imide groups is 2. The minimum absolute atomic E-state index is 0.0619. The number of halogens is 3. The zero-order valence-electron chi connectivity index (χ0n) is 29.7. The van der Waals surface area contributed by atoms with E-state index < -0.39 is 58.4 Å². The largest absolute Gasteiger partial charge is 0.417 e. The standard InChI is InChI=1S/C37H38F3N9O5/c1-36(2,35(54)43-23-4-3-22(19-41)29(17-23)37(38,39)40)48-21-26(20-42-48)45-11-9-24(10-12-45)46-13-15-47(16-14-46)25-5-6-27-28(18-25)34(53)49(33(27)52)30-7-8-31(50)44-32(30)51/h3-6,17-18,20-21,24,30H,7-16H2,1-2H3,(H,43,54)(H,44,50,51). The van der Waals surface area contributed by atoms with E-state index >= 15 is 0 Å². The summed E-state index contributed by atoms with van der Waals surface area (Å²) in [5, 5.41) is 18.2. The Bertz CT molecular complexity index is 2070. The number of nitriles is 1. The van der Waals surface area contributed by atoms with Gasteiger partial charge < -0.3 is 15.1 Å². The van der Waals surface area contributed by atoms with Gasteiger partial charge in [0.25, 0.3) is 17.7 Å². The Labute approximate surface area is 308 Å². The number of rotatable bonds is 7. The maximum Gasteiger partial charge on any atom is 0.417 e. The van der Waals surface area contributed by atoms with E-state index in [0.29, 0.717) is 6.04 Å². The first-order valence-corrected chi connectivity index (χ1v) is 17.7. The maximum atomic E-state index is 13.4. The highest BCUT2D eigenvalue weighted by atomic mass is 19.4. The van der Waals surface area contributed by atoms with Gasteiger partial charge in [-0.15, -0.1) is 0 Å². The maximum absolute atomic E-state index is 13.4. The first-order chi connectivity index (χ1) is 25.6. The Kier molecular flexibility index (Phi) is 9.42. The summed E-state index contributed by atoms with van der Waals surface area (Å²) in [7, 11) is 0. The molecule has 282 valence electrons. The van der Waals surface area contributed by atoms with Crippen LogP contribution in [0.2, 0.25) is 0 Å². The van der Waals surface area contributed by atoms with Gasteiger partial charge in [-0.2, -0.15) is 23.5 Å². The fourth-order valence-electron chi connectivity index (χ4n) is 7.61. The van der Waals surface area contributed by atoms with Crippen molar-refractivity contribution < 1.29 is 37.1 Å². The summed E-state index contributed by atoms with van der Waals surface area (Å²) in [5.41, 5.74) is -0.798. The van der Waals surface area contributed by atoms with Gasteiger partial charge in [-0.25, -0.2) is 0 Å². The monoisotopic (exact) mass is 745 g/mol. The Morgan fingerprint density at radius 3 is 2.24 bits per heavy atom. The van der Waals surface area contributed by atoms with Gasteiger partial charge in [-0.1, -0.05) is 0 Å². The number of aromatic nitrogens is 2. The van der Waals surface area contributed by atoms with Crippen LogP contribution in [0.4, 0.5) is 30.2 Å². The quantitative estimate of drug-likeness (QED) is 0.343. The summed E-state index contributed by atoms with van der Waals surface area (Å²) in [6, 6.07) is 9.11. The molecule has 4 aliphatic rings. The first kappa shape index (κ1) is 36.6. The smallest absolute Gasteiger partial charge is 0.369 e. The molecule has 1 atom stereocenters. The fourth-order valence-corrected chi connectivity index (χ4v) is 7.61.